The summed E-state index contributed by atoms with van der Waals surface area (Å²) >= 11 is 3.34. The smallest absolute Gasteiger partial charge is 0.0511 e. The predicted octanol–water partition coefficient (Wildman–Crippen LogP) is 3.59. The van der Waals surface area contributed by atoms with Crippen LogP contribution in [0.15, 0.2) is 15.9 Å². The molecule has 2 nitrogen and oxygen atoms in total. The monoisotopic (exact) mass is 256 g/mol. The van der Waals surface area contributed by atoms with Crippen LogP contribution >= 0.6 is 23.5 Å². The predicted molar refractivity (Wildman–Crippen MR) is 77.5 cm³/mol. The second-order valence-electron chi connectivity index (χ2n) is 4.73. The average molecular weight is 256 g/mol. The van der Waals surface area contributed by atoms with E-state index in [1.165, 1.54) is 0 Å². The van der Waals surface area contributed by atoms with Crippen LogP contribution in [0.3, 0.4) is 0 Å². The van der Waals surface area contributed by atoms with Gasteiger partial charge in [-0.1, -0.05) is 20.8 Å². The third kappa shape index (κ3) is 2.43. The van der Waals surface area contributed by atoms with Crippen molar-refractivity contribution in [3.8, 4) is 0 Å². The van der Waals surface area contributed by atoms with Gasteiger partial charge in [-0.15, -0.1) is 23.5 Å². The van der Waals surface area contributed by atoms with Crippen LogP contribution in [0.4, 0.5) is 11.4 Å². The van der Waals surface area contributed by atoms with E-state index in [0.717, 1.165) is 26.7 Å². The summed E-state index contributed by atoms with van der Waals surface area (Å²) in [6, 6.07) is 2.08. The van der Waals surface area contributed by atoms with Gasteiger partial charge in [0.15, 0.2) is 0 Å². The van der Waals surface area contributed by atoms with Crippen LogP contribution in [-0.4, -0.2) is 12.5 Å². The maximum absolute atomic E-state index is 6.19. The highest BCUT2D eigenvalue weighted by Gasteiger charge is 2.23. The zero-order valence-corrected chi connectivity index (χ0v) is 12.2. The summed E-state index contributed by atoms with van der Waals surface area (Å²) in [5.74, 6) is 0. The number of rotatable bonds is 2. The van der Waals surface area contributed by atoms with Gasteiger partial charge in [0.1, 0.15) is 0 Å². The highest BCUT2D eigenvalue weighted by molar-refractivity contribution is 7.99. The SMILES string of the molecule is CSc1cc(SC)c(N)c(C(C)(C)C)c1N. The summed E-state index contributed by atoms with van der Waals surface area (Å²) in [6.45, 7) is 6.43. The van der Waals surface area contributed by atoms with Gasteiger partial charge >= 0.3 is 0 Å². The lowest BCUT2D eigenvalue weighted by molar-refractivity contribution is 0.592. The third-order valence-corrected chi connectivity index (χ3v) is 4.08. The van der Waals surface area contributed by atoms with E-state index in [1.807, 2.05) is 12.5 Å². The van der Waals surface area contributed by atoms with Gasteiger partial charge in [-0.25, -0.2) is 0 Å². The van der Waals surface area contributed by atoms with Crippen molar-refractivity contribution in [2.75, 3.05) is 24.0 Å². The highest BCUT2D eigenvalue weighted by Crippen LogP contribution is 2.42. The Bertz CT molecular complexity index is 367. The van der Waals surface area contributed by atoms with Gasteiger partial charge in [0, 0.05) is 15.4 Å². The Balaban J connectivity index is 3.56. The van der Waals surface area contributed by atoms with E-state index in [4.69, 9.17) is 11.5 Å². The van der Waals surface area contributed by atoms with Gasteiger partial charge < -0.3 is 11.5 Å². The molecule has 4 heteroatoms. The molecule has 0 unspecified atom stereocenters. The molecule has 0 fully saturated rings. The van der Waals surface area contributed by atoms with Gasteiger partial charge in [0.05, 0.1) is 11.4 Å². The molecule has 1 rings (SSSR count). The lowest BCUT2D eigenvalue weighted by Crippen LogP contribution is -2.17. The summed E-state index contributed by atoms with van der Waals surface area (Å²) in [7, 11) is 0. The van der Waals surface area contributed by atoms with Crippen LogP contribution < -0.4 is 11.5 Å². The Morgan fingerprint density at radius 1 is 0.938 bits per heavy atom. The summed E-state index contributed by atoms with van der Waals surface area (Å²) in [6.07, 6.45) is 4.08. The molecule has 0 bridgehead atoms. The molecule has 0 aliphatic rings. The Labute approximate surface area is 107 Å². The first-order valence-electron chi connectivity index (χ1n) is 5.13. The van der Waals surface area contributed by atoms with Crippen LogP contribution in [0.2, 0.25) is 0 Å². The molecule has 0 aliphatic heterocycles. The molecule has 0 amide bonds. The van der Waals surface area contributed by atoms with E-state index in [9.17, 15) is 0 Å². The zero-order chi connectivity index (χ0) is 12.5. The molecule has 1 aromatic rings. The molecule has 4 N–H and O–H groups in total. The van der Waals surface area contributed by atoms with E-state index in [1.54, 1.807) is 23.5 Å². The Morgan fingerprint density at radius 3 is 1.56 bits per heavy atom. The van der Waals surface area contributed by atoms with Crippen molar-refractivity contribution in [2.45, 2.75) is 36.0 Å². The molecule has 0 aromatic heterocycles. The first-order chi connectivity index (χ1) is 7.32. The number of thioether (sulfide) groups is 2. The summed E-state index contributed by atoms with van der Waals surface area (Å²) in [5.41, 5.74) is 15.1. The molecule has 0 heterocycles. The highest BCUT2D eigenvalue weighted by atomic mass is 32.2. The van der Waals surface area contributed by atoms with Crippen LogP contribution in [-0.2, 0) is 5.41 Å². The van der Waals surface area contributed by atoms with Crippen molar-refractivity contribution in [1.29, 1.82) is 0 Å². The number of hydrogen-bond acceptors (Lipinski definition) is 4. The van der Waals surface area contributed by atoms with Crippen molar-refractivity contribution in [2.24, 2.45) is 0 Å². The van der Waals surface area contributed by atoms with Crippen LogP contribution in [0.1, 0.15) is 26.3 Å². The van der Waals surface area contributed by atoms with E-state index in [0.29, 0.717) is 0 Å². The fourth-order valence-electron chi connectivity index (χ4n) is 1.81. The number of nitrogens with two attached hydrogens (primary N) is 2. The molecular weight excluding hydrogens is 236 g/mol. The molecule has 0 saturated carbocycles. The minimum absolute atomic E-state index is 0.0234. The number of nitrogen functional groups attached to an aromatic ring is 2. The second-order valence-corrected chi connectivity index (χ2v) is 6.43. The molecule has 0 saturated heterocycles. The summed E-state index contributed by atoms with van der Waals surface area (Å²) < 4.78 is 0. The van der Waals surface area contributed by atoms with E-state index in [2.05, 4.69) is 26.8 Å². The molecule has 0 radical (unpaired) electrons. The minimum Gasteiger partial charge on any atom is -0.398 e. The van der Waals surface area contributed by atoms with Crippen molar-refractivity contribution in [1.82, 2.24) is 0 Å². The zero-order valence-electron chi connectivity index (χ0n) is 10.5. The molecule has 0 atom stereocenters. The maximum Gasteiger partial charge on any atom is 0.0511 e. The topological polar surface area (TPSA) is 52.0 Å². The normalized spacial score (nSPS) is 11.8. The van der Waals surface area contributed by atoms with Crippen LogP contribution in [0.25, 0.3) is 0 Å². The van der Waals surface area contributed by atoms with E-state index in [-0.39, 0.29) is 5.41 Å². The minimum atomic E-state index is -0.0234. The first-order valence-corrected chi connectivity index (χ1v) is 7.58. The van der Waals surface area contributed by atoms with E-state index >= 15 is 0 Å². The summed E-state index contributed by atoms with van der Waals surface area (Å²) in [5, 5.41) is 0. The van der Waals surface area contributed by atoms with Gasteiger partial charge in [0.25, 0.3) is 0 Å². The third-order valence-electron chi connectivity index (χ3n) is 2.52. The van der Waals surface area contributed by atoms with Crippen molar-refractivity contribution in [3.05, 3.63) is 11.6 Å². The maximum atomic E-state index is 6.19. The van der Waals surface area contributed by atoms with Gasteiger partial charge in [-0.2, -0.15) is 0 Å². The Morgan fingerprint density at radius 2 is 1.31 bits per heavy atom. The van der Waals surface area contributed by atoms with Crippen molar-refractivity contribution >= 4 is 34.9 Å². The largest absolute Gasteiger partial charge is 0.398 e. The Hall–Kier alpha value is -0.480. The van der Waals surface area contributed by atoms with Crippen LogP contribution in [0.5, 0.6) is 0 Å². The quantitative estimate of drug-likeness (QED) is 0.627. The van der Waals surface area contributed by atoms with Gasteiger partial charge in [0.2, 0.25) is 0 Å². The summed E-state index contributed by atoms with van der Waals surface area (Å²) in [4.78, 5) is 2.23. The first kappa shape index (κ1) is 13.6. The number of anilines is 2. The van der Waals surface area contributed by atoms with Gasteiger partial charge in [-0.3, -0.25) is 0 Å². The van der Waals surface area contributed by atoms with Crippen LogP contribution in [0, 0.1) is 0 Å². The fourth-order valence-corrected chi connectivity index (χ4v) is 3.00. The lowest BCUT2D eigenvalue weighted by Gasteiger charge is -2.26. The van der Waals surface area contributed by atoms with E-state index < -0.39 is 0 Å². The molecule has 16 heavy (non-hydrogen) atoms. The fraction of sp³-hybridized carbons (Fsp3) is 0.500. The molecule has 0 aliphatic carbocycles. The standard InChI is InChI=1S/C12H20N2S2/c1-12(2,3)9-10(13)7(15-4)6-8(16-5)11(9)14/h6H,13-14H2,1-5H3. The Kier molecular flexibility index (Phi) is 4.07. The molecule has 1 aromatic carbocycles. The lowest BCUT2D eigenvalue weighted by atomic mass is 9.84. The second kappa shape index (κ2) is 4.80. The van der Waals surface area contributed by atoms with Crippen molar-refractivity contribution in [3.63, 3.8) is 0 Å². The number of hydrogen-bond donors (Lipinski definition) is 2. The molecule has 0 spiro atoms. The van der Waals surface area contributed by atoms with Crippen molar-refractivity contribution < 1.29 is 0 Å². The average Bonchev–Trinajstić information content (AvgIpc) is 2.16. The number of benzene rings is 1. The molecular formula is C12H20N2S2. The van der Waals surface area contributed by atoms with Gasteiger partial charge in [-0.05, 0) is 24.0 Å². The molecule has 90 valence electrons.